The smallest absolute Gasteiger partial charge is 0.330 e. The first kappa shape index (κ1) is 13.0. The van der Waals surface area contributed by atoms with Crippen molar-refractivity contribution in [2.24, 2.45) is 0 Å². The maximum atomic E-state index is 13.1. The Morgan fingerprint density at radius 2 is 2.19 bits per heavy atom. The third kappa shape index (κ3) is 3.51. The zero-order valence-corrected chi connectivity index (χ0v) is 9.98. The molecule has 2 nitrogen and oxygen atoms in total. The summed E-state index contributed by atoms with van der Waals surface area (Å²) in [6.45, 7) is 1.97. The van der Waals surface area contributed by atoms with Gasteiger partial charge in [-0.25, -0.2) is 9.18 Å². The lowest BCUT2D eigenvalue weighted by Crippen LogP contribution is -1.98. The Labute approximate surface area is 103 Å². The van der Waals surface area contributed by atoms with Crippen LogP contribution in [0.15, 0.2) is 18.2 Å². The second-order valence-electron chi connectivity index (χ2n) is 2.88. The third-order valence-corrected chi connectivity index (χ3v) is 2.32. The molecule has 86 valence electrons. The summed E-state index contributed by atoms with van der Waals surface area (Å²) in [4.78, 5) is 11.0. The van der Waals surface area contributed by atoms with Crippen molar-refractivity contribution in [2.75, 3.05) is 6.61 Å². The molecule has 0 saturated heterocycles. The number of carbonyl (C=O) groups excluding carboxylic acids is 1. The molecule has 0 aliphatic carbocycles. The molecule has 0 fully saturated rings. The van der Waals surface area contributed by atoms with Crippen molar-refractivity contribution in [3.05, 3.63) is 39.6 Å². The topological polar surface area (TPSA) is 26.3 Å². The summed E-state index contributed by atoms with van der Waals surface area (Å²) in [5.74, 6) is -1.14. The van der Waals surface area contributed by atoms with Crippen molar-refractivity contribution in [3.8, 4) is 0 Å². The Balaban J connectivity index is 2.93. The zero-order valence-electron chi connectivity index (χ0n) is 8.47. The monoisotopic (exact) mass is 262 g/mol. The maximum Gasteiger partial charge on any atom is 0.330 e. The summed E-state index contributed by atoms with van der Waals surface area (Å²) in [6.07, 6.45) is 2.52. The van der Waals surface area contributed by atoms with E-state index in [0.29, 0.717) is 5.56 Å². The number of hydrogen-bond donors (Lipinski definition) is 0. The van der Waals surface area contributed by atoms with Gasteiger partial charge in [-0.15, -0.1) is 0 Å². The number of rotatable bonds is 3. The molecule has 0 spiro atoms. The Morgan fingerprint density at radius 1 is 1.50 bits per heavy atom. The molecule has 0 aromatic heterocycles. The van der Waals surface area contributed by atoms with Crippen LogP contribution in [0.2, 0.25) is 10.0 Å². The van der Waals surface area contributed by atoms with E-state index in [0.717, 1.165) is 6.07 Å². The van der Waals surface area contributed by atoms with Crippen LogP contribution in [0.5, 0.6) is 0 Å². The minimum atomic E-state index is -0.627. The summed E-state index contributed by atoms with van der Waals surface area (Å²) < 4.78 is 17.8. The van der Waals surface area contributed by atoms with Gasteiger partial charge in [-0.2, -0.15) is 0 Å². The average Bonchev–Trinajstić information content (AvgIpc) is 2.21. The summed E-state index contributed by atoms with van der Waals surface area (Å²) in [6, 6.07) is 2.56. The van der Waals surface area contributed by atoms with Crippen molar-refractivity contribution in [2.45, 2.75) is 6.92 Å². The van der Waals surface area contributed by atoms with Crippen molar-refractivity contribution in [1.82, 2.24) is 0 Å². The molecular formula is C11H9Cl2FO2. The third-order valence-electron chi connectivity index (χ3n) is 1.71. The Morgan fingerprint density at radius 3 is 2.81 bits per heavy atom. The predicted molar refractivity (Wildman–Crippen MR) is 62.1 cm³/mol. The van der Waals surface area contributed by atoms with Crippen LogP contribution >= 0.6 is 23.2 Å². The number of benzene rings is 1. The standard InChI is InChI=1S/C11H9Cl2FO2/c1-2-16-10(15)4-3-7-5-8(12)6-9(14)11(7)13/h3-6H,2H2,1H3. The molecule has 0 radical (unpaired) electrons. The van der Waals surface area contributed by atoms with Gasteiger partial charge < -0.3 is 4.74 Å². The average molecular weight is 263 g/mol. The van der Waals surface area contributed by atoms with E-state index in [1.165, 1.54) is 18.2 Å². The first-order chi connectivity index (χ1) is 7.54. The molecule has 0 heterocycles. The Bertz CT molecular complexity index is 430. The first-order valence-electron chi connectivity index (χ1n) is 4.54. The molecule has 1 aromatic carbocycles. The first-order valence-corrected chi connectivity index (χ1v) is 5.29. The fourth-order valence-corrected chi connectivity index (χ4v) is 1.43. The Kier molecular flexibility index (Phi) is 4.77. The van der Waals surface area contributed by atoms with E-state index in [1.807, 2.05) is 0 Å². The number of carbonyl (C=O) groups is 1. The second kappa shape index (κ2) is 5.87. The number of halogens is 3. The summed E-state index contributed by atoms with van der Waals surface area (Å²) >= 11 is 11.3. The highest BCUT2D eigenvalue weighted by Gasteiger charge is 2.06. The number of hydrogen-bond acceptors (Lipinski definition) is 2. The molecule has 0 saturated carbocycles. The molecule has 0 bridgehead atoms. The van der Waals surface area contributed by atoms with Gasteiger partial charge in [0.15, 0.2) is 0 Å². The largest absolute Gasteiger partial charge is 0.463 e. The molecule has 0 aliphatic heterocycles. The van der Waals surface area contributed by atoms with Gasteiger partial charge in [0.2, 0.25) is 0 Å². The van der Waals surface area contributed by atoms with Crippen LogP contribution in [-0.4, -0.2) is 12.6 Å². The summed E-state index contributed by atoms with van der Waals surface area (Å²) in [5.41, 5.74) is 0.333. The highest BCUT2D eigenvalue weighted by molar-refractivity contribution is 6.34. The molecule has 0 unspecified atom stereocenters. The van der Waals surface area contributed by atoms with Gasteiger partial charge in [0.1, 0.15) is 5.82 Å². The SMILES string of the molecule is CCOC(=O)C=Cc1cc(Cl)cc(F)c1Cl. The van der Waals surface area contributed by atoms with Gasteiger partial charge in [-0.3, -0.25) is 0 Å². The molecule has 16 heavy (non-hydrogen) atoms. The van der Waals surface area contributed by atoms with Crippen LogP contribution in [0.25, 0.3) is 6.08 Å². The van der Waals surface area contributed by atoms with Crippen LogP contribution < -0.4 is 0 Å². The van der Waals surface area contributed by atoms with Gasteiger partial charge in [-0.1, -0.05) is 23.2 Å². The van der Waals surface area contributed by atoms with E-state index < -0.39 is 11.8 Å². The van der Waals surface area contributed by atoms with E-state index in [4.69, 9.17) is 23.2 Å². The van der Waals surface area contributed by atoms with Crippen molar-refractivity contribution in [3.63, 3.8) is 0 Å². The van der Waals surface area contributed by atoms with Crippen LogP contribution in [0.3, 0.4) is 0 Å². The van der Waals surface area contributed by atoms with E-state index in [9.17, 15) is 9.18 Å². The zero-order chi connectivity index (χ0) is 12.1. The van der Waals surface area contributed by atoms with E-state index in [1.54, 1.807) is 6.92 Å². The highest BCUT2D eigenvalue weighted by atomic mass is 35.5. The molecule has 1 rings (SSSR count). The van der Waals surface area contributed by atoms with Gasteiger partial charge in [0.05, 0.1) is 11.6 Å². The van der Waals surface area contributed by atoms with Crippen LogP contribution in [0.1, 0.15) is 12.5 Å². The molecule has 0 amide bonds. The minimum Gasteiger partial charge on any atom is -0.463 e. The van der Waals surface area contributed by atoms with E-state index in [-0.39, 0.29) is 16.7 Å². The maximum absolute atomic E-state index is 13.1. The lowest BCUT2D eigenvalue weighted by atomic mass is 10.2. The van der Waals surface area contributed by atoms with Crippen molar-refractivity contribution in [1.29, 1.82) is 0 Å². The molecule has 5 heteroatoms. The van der Waals surface area contributed by atoms with Crippen LogP contribution in [0, 0.1) is 5.82 Å². The van der Waals surface area contributed by atoms with Crippen LogP contribution in [-0.2, 0) is 9.53 Å². The minimum absolute atomic E-state index is 0.0788. The van der Waals surface area contributed by atoms with Crippen molar-refractivity contribution < 1.29 is 13.9 Å². The second-order valence-corrected chi connectivity index (χ2v) is 3.69. The summed E-state index contributed by atoms with van der Waals surface area (Å²) in [7, 11) is 0. The van der Waals surface area contributed by atoms with E-state index in [2.05, 4.69) is 4.74 Å². The molecule has 1 aromatic rings. The van der Waals surface area contributed by atoms with Crippen LogP contribution in [0.4, 0.5) is 4.39 Å². The summed E-state index contributed by atoms with van der Waals surface area (Å²) in [5, 5.41) is 0.135. The van der Waals surface area contributed by atoms with Gasteiger partial charge >= 0.3 is 5.97 Å². The predicted octanol–water partition coefficient (Wildman–Crippen LogP) is 3.71. The lowest BCUT2D eigenvalue weighted by Gasteiger charge is -2.01. The molecule has 0 aliphatic rings. The highest BCUT2D eigenvalue weighted by Crippen LogP contribution is 2.25. The number of esters is 1. The quantitative estimate of drug-likeness (QED) is 0.472. The normalized spacial score (nSPS) is 10.8. The Hall–Kier alpha value is -1.06. The number of ether oxygens (including phenoxy) is 1. The van der Waals surface area contributed by atoms with Gasteiger partial charge in [0, 0.05) is 11.1 Å². The molecule has 0 atom stereocenters. The fraction of sp³-hybridized carbons (Fsp3) is 0.182. The van der Waals surface area contributed by atoms with Gasteiger partial charge in [0.25, 0.3) is 0 Å². The lowest BCUT2D eigenvalue weighted by molar-refractivity contribution is -0.137. The van der Waals surface area contributed by atoms with Gasteiger partial charge in [-0.05, 0) is 30.7 Å². The molecule has 0 N–H and O–H groups in total. The van der Waals surface area contributed by atoms with Crippen molar-refractivity contribution >= 4 is 35.2 Å². The van der Waals surface area contributed by atoms with E-state index >= 15 is 0 Å². The molecular weight excluding hydrogens is 254 g/mol. The fourth-order valence-electron chi connectivity index (χ4n) is 1.05.